The fourth-order valence-electron chi connectivity index (χ4n) is 4.28. The zero-order valence-electron chi connectivity index (χ0n) is 17.7. The highest BCUT2D eigenvalue weighted by Gasteiger charge is 2.28. The van der Waals surface area contributed by atoms with Crippen molar-refractivity contribution in [3.8, 4) is 5.75 Å². The van der Waals surface area contributed by atoms with Crippen molar-refractivity contribution >= 4 is 22.8 Å². The second-order valence-electron chi connectivity index (χ2n) is 8.57. The molecule has 9 nitrogen and oxygen atoms in total. The highest BCUT2D eigenvalue weighted by molar-refractivity contribution is 6.05. The van der Waals surface area contributed by atoms with Gasteiger partial charge in [0.1, 0.15) is 5.65 Å². The predicted molar refractivity (Wildman–Crippen MR) is 119 cm³/mol. The SMILES string of the molecule is O=C(Nc1ncccc1OCC1CCCCC1)c1cnc2c(c1)c(=O)[nH]c(=O)n2C1CC1. The average Bonchev–Trinajstić information content (AvgIpc) is 3.64. The van der Waals surface area contributed by atoms with E-state index in [1.165, 1.54) is 36.1 Å². The number of hydrogen-bond donors (Lipinski definition) is 2. The molecular weight excluding hydrogens is 410 g/mol. The van der Waals surface area contributed by atoms with Gasteiger partial charge in [-0.3, -0.25) is 19.1 Å². The molecule has 2 N–H and O–H groups in total. The number of carbonyl (C=O) groups is 1. The van der Waals surface area contributed by atoms with Gasteiger partial charge in [0.05, 0.1) is 17.6 Å². The third kappa shape index (κ3) is 4.15. The molecule has 2 fully saturated rings. The molecular formula is C23H25N5O4. The van der Waals surface area contributed by atoms with Crippen LogP contribution >= 0.6 is 0 Å². The van der Waals surface area contributed by atoms with Crippen molar-refractivity contribution in [2.24, 2.45) is 5.92 Å². The summed E-state index contributed by atoms with van der Waals surface area (Å²) in [6.07, 6.45) is 10.8. The van der Waals surface area contributed by atoms with Crippen LogP contribution in [0.2, 0.25) is 0 Å². The lowest BCUT2D eigenvalue weighted by Gasteiger charge is -2.22. The van der Waals surface area contributed by atoms with Crippen LogP contribution in [-0.4, -0.2) is 32.0 Å². The Hall–Kier alpha value is -3.49. The fourth-order valence-corrected chi connectivity index (χ4v) is 4.28. The molecule has 3 heterocycles. The second kappa shape index (κ2) is 8.57. The van der Waals surface area contributed by atoms with Crippen molar-refractivity contribution in [3.63, 3.8) is 0 Å². The van der Waals surface area contributed by atoms with Crippen LogP contribution in [0.3, 0.4) is 0 Å². The molecule has 0 unspecified atom stereocenters. The Morgan fingerprint density at radius 3 is 2.75 bits per heavy atom. The van der Waals surface area contributed by atoms with Crippen LogP contribution < -0.4 is 21.3 Å². The fraction of sp³-hybridized carbons (Fsp3) is 0.435. The molecule has 166 valence electrons. The molecule has 9 heteroatoms. The largest absolute Gasteiger partial charge is 0.489 e. The monoisotopic (exact) mass is 435 g/mol. The zero-order valence-corrected chi connectivity index (χ0v) is 17.7. The lowest BCUT2D eigenvalue weighted by atomic mass is 9.90. The number of nitrogens with one attached hydrogen (secondary N) is 2. The predicted octanol–water partition coefficient (Wildman–Crippen LogP) is 3.03. The Bertz CT molecular complexity index is 1270. The number of aromatic amines is 1. The first-order chi connectivity index (χ1) is 15.6. The maximum atomic E-state index is 12.9. The molecule has 3 aromatic heterocycles. The van der Waals surface area contributed by atoms with Crippen LogP contribution in [0.15, 0.2) is 40.2 Å². The minimum atomic E-state index is -0.557. The van der Waals surface area contributed by atoms with Crippen LogP contribution in [0.25, 0.3) is 11.0 Å². The quantitative estimate of drug-likeness (QED) is 0.614. The first-order valence-electron chi connectivity index (χ1n) is 11.1. The van der Waals surface area contributed by atoms with Gasteiger partial charge in [-0.25, -0.2) is 14.8 Å². The number of hydrogen-bond acceptors (Lipinski definition) is 6. The first-order valence-corrected chi connectivity index (χ1v) is 11.1. The lowest BCUT2D eigenvalue weighted by Crippen LogP contribution is -2.30. The maximum Gasteiger partial charge on any atom is 0.330 e. The summed E-state index contributed by atoms with van der Waals surface area (Å²) < 4.78 is 7.47. The van der Waals surface area contributed by atoms with Crippen molar-refractivity contribution in [3.05, 3.63) is 57.0 Å². The van der Waals surface area contributed by atoms with Crippen molar-refractivity contribution in [2.45, 2.75) is 51.0 Å². The van der Waals surface area contributed by atoms with Crippen molar-refractivity contribution in [1.82, 2.24) is 19.5 Å². The number of rotatable bonds is 6. The molecule has 0 aliphatic heterocycles. The normalized spacial score (nSPS) is 16.8. The number of carbonyl (C=O) groups excluding carboxylic acids is 1. The molecule has 0 radical (unpaired) electrons. The van der Waals surface area contributed by atoms with Gasteiger partial charge in [-0.15, -0.1) is 0 Å². The van der Waals surface area contributed by atoms with E-state index in [9.17, 15) is 14.4 Å². The average molecular weight is 435 g/mol. The summed E-state index contributed by atoms with van der Waals surface area (Å²) in [5.74, 6) is 0.906. The molecule has 32 heavy (non-hydrogen) atoms. The molecule has 0 aromatic carbocycles. The van der Waals surface area contributed by atoms with Gasteiger partial charge in [-0.1, -0.05) is 19.3 Å². The van der Waals surface area contributed by atoms with Gasteiger partial charge < -0.3 is 10.1 Å². The topological polar surface area (TPSA) is 119 Å². The molecule has 1 amide bonds. The zero-order chi connectivity index (χ0) is 22.1. The molecule has 2 aliphatic carbocycles. The second-order valence-corrected chi connectivity index (χ2v) is 8.57. The summed E-state index contributed by atoms with van der Waals surface area (Å²) in [4.78, 5) is 48.3. The third-order valence-corrected chi connectivity index (χ3v) is 6.15. The molecule has 3 aromatic rings. The Labute approximate surface area is 183 Å². The number of H-pyrrole nitrogens is 1. The number of pyridine rings is 2. The van der Waals surface area contributed by atoms with E-state index < -0.39 is 17.2 Å². The van der Waals surface area contributed by atoms with Crippen molar-refractivity contribution in [2.75, 3.05) is 11.9 Å². The van der Waals surface area contributed by atoms with Gasteiger partial charge in [0.25, 0.3) is 11.5 Å². The summed E-state index contributed by atoms with van der Waals surface area (Å²) in [5.41, 5.74) is -0.527. The standard InChI is InChI=1S/C23H25N5O4/c29-21(26-19-18(7-4-10-24-19)32-13-14-5-2-1-3-6-14)15-11-17-20(25-12-15)28(16-8-9-16)23(31)27-22(17)30/h4,7,10-12,14,16H,1-3,5-6,8-9,13H2,(H,24,26,29)(H,27,30,31). The van der Waals surface area contributed by atoms with Gasteiger partial charge in [-0.2, -0.15) is 0 Å². The maximum absolute atomic E-state index is 12.9. The van der Waals surface area contributed by atoms with E-state index in [4.69, 9.17) is 4.74 Å². The van der Waals surface area contributed by atoms with Crippen LogP contribution in [0, 0.1) is 5.92 Å². The Balaban J connectivity index is 1.37. The molecule has 0 saturated heterocycles. The molecule has 0 spiro atoms. The molecule has 0 bridgehead atoms. The minimum Gasteiger partial charge on any atom is -0.489 e. The summed E-state index contributed by atoms with van der Waals surface area (Å²) in [6, 6.07) is 5.05. The Morgan fingerprint density at radius 2 is 1.97 bits per heavy atom. The van der Waals surface area contributed by atoms with Crippen LogP contribution in [0.5, 0.6) is 5.75 Å². The van der Waals surface area contributed by atoms with Gasteiger partial charge >= 0.3 is 5.69 Å². The van der Waals surface area contributed by atoms with E-state index in [2.05, 4.69) is 20.3 Å². The number of ether oxygens (including phenoxy) is 1. The summed E-state index contributed by atoms with van der Waals surface area (Å²) in [7, 11) is 0. The van der Waals surface area contributed by atoms with Gasteiger partial charge in [0.2, 0.25) is 0 Å². The minimum absolute atomic E-state index is 0.0476. The third-order valence-electron chi connectivity index (χ3n) is 6.15. The van der Waals surface area contributed by atoms with Crippen LogP contribution in [0.4, 0.5) is 5.82 Å². The van der Waals surface area contributed by atoms with Crippen molar-refractivity contribution < 1.29 is 9.53 Å². The van der Waals surface area contributed by atoms with Gasteiger partial charge in [-0.05, 0) is 49.8 Å². The molecule has 2 saturated carbocycles. The van der Waals surface area contributed by atoms with Crippen LogP contribution in [-0.2, 0) is 0 Å². The number of nitrogens with zero attached hydrogens (tertiary/aromatic N) is 3. The molecule has 0 atom stereocenters. The van der Waals surface area contributed by atoms with E-state index in [-0.39, 0.29) is 17.0 Å². The van der Waals surface area contributed by atoms with E-state index in [0.717, 1.165) is 25.7 Å². The van der Waals surface area contributed by atoms with Crippen molar-refractivity contribution in [1.29, 1.82) is 0 Å². The van der Waals surface area contributed by atoms with Gasteiger partial charge in [0, 0.05) is 18.4 Å². The highest BCUT2D eigenvalue weighted by Crippen LogP contribution is 2.34. The molecule has 5 rings (SSSR count). The first kappa shape index (κ1) is 20.4. The Kier molecular flexibility index (Phi) is 5.46. The summed E-state index contributed by atoms with van der Waals surface area (Å²) >= 11 is 0. The highest BCUT2D eigenvalue weighted by atomic mass is 16.5. The number of anilines is 1. The smallest absolute Gasteiger partial charge is 0.330 e. The summed E-state index contributed by atoms with van der Waals surface area (Å²) in [5, 5.41) is 2.97. The number of aromatic nitrogens is 4. The Morgan fingerprint density at radius 1 is 1.16 bits per heavy atom. The van der Waals surface area contributed by atoms with Crippen LogP contribution in [0.1, 0.15) is 61.3 Å². The van der Waals surface area contributed by atoms with E-state index in [1.807, 2.05) is 0 Å². The number of fused-ring (bicyclic) bond motifs is 1. The van der Waals surface area contributed by atoms with E-state index in [1.54, 1.807) is 18.3 Å². The van der Waals surface area contributed by atoms with E-state index >= 15 is 0 Å². The number of amides is 1. The molecule has 2 aliphatic rings. The summed E-state index contributed by atoms with van der Waals surface area (Å²) in [6.45, 7) is 0.597. The lowest BCUT2D eigenvalue weighted by molar-refractivity contribution is 0.102. The van der Waals surface area contributed by atoms with Gasteiger partial charge in [0.15, 0.2) is 11.6 Å². The van der Waals surface area contributed by atoms with E-state index in [0.29, 0.717) is 29.7 Å².